The summed E-state index contributed by atoms with van der Waals surface area (Å²) in [4.78, 5) is 0. The van der Waals surface area contributed by atoms with Gasteiger partial charge < -0.3 is 10.1 Å². The molecule has 2 nitrogen and oxygen atoms in total. The molecule has 0 heterocycles. The molecule has 1 aromatic carbocycles. The Morgan fingerprint density at radius 3 is 2.69 bits per heavy atom. The minimum atomic E-state index is -0.545. The van der Waals surface area contributed by atoms with E-state index in [1.807, 2.05) is 0 Å². The molecule has 0 aliphatic carbocycles. The maximum absolute atomic E-state index is 13.6. The molecular weight excluding hydrogens is 280 g/mol. The van der Waals surface area contributed by atoms with Gasteiger partial charge in [0, 0.05) is 18.7 Å². The van der Waals surface area contributed by atoms with Crippen LogP contribution in [-0.2, 0) is 11.2 Å². The van der Waals surface area contributed by atoms with Crippen LogP contribution < -0.4 is 5.32 Å². The van der Waals surface area contributed by atoms with Gasteiger partial charge in [0.15, 0.2) is 0 Å². The second-order valence-electron chi connectivity index (χ2n) is 3.47. The zero-order chi connectivity index (χ0) is 12.1. The van der Waals surface area contributed by atoms with Crippen LogP contribution in [0.25, 0.3) is 0 Å². The first kappa shape index (κ1) is 13.5. The zero-order valence-corrected chi connectivity index (χ0v) is 10.8. The van der Waals surface area contributed by atoms with Crippen LogP contribution in [0.1, 0.15) is 5.56 Å². The first-order chi connectivity index (χ1) is 7.60. The van der Waals surface area contributed by atoms with E-state index in [9.17, 15) is 8.78 Å². The number of nitrogens with one attached hydrogen (secondary N) is 1. The quantitative estimate of drug-likeness (QED) is 0.843. The Labute approximate surface area is 102 Å². The number of ether oxygens (including phenoxy) is 1. The van der Waals surface area contributed by atoms with Crippen molar-refractivity contribution in [3.05, 3.63) is 33.8 Å². The average Bonchev–Trinajstić information content (AvgIpc) is 2.28. The van der Waals surface area contributed by atoms with Gasteiger partial charge in [0.1, 0.15) is 11.6 Å². The molecule has 90 valence electrons. The summed E-state index contributed by atoms with van der Waals surface area (Å²) >= 11 is 3.04. The van der Waals surface area contributed by atoms with E-state index in [0.717, 1.165) is 0 Å². The lowest BCUT2D eigenvalue weighted by molar-refractivity contribution is 0.168. The van der Waals surface area contributed by atoms with E-state index in [-0.39, 0.29) is 22.5 Å². The highest BCUT2D eigenvalue weighted by molar-refractivity contribution is 9.10. The summed E-state index contributed by atoms with van der Waals surface area (Å²) in [6.07, 6.45) is 0.251. The number of benzene rings is 1. The second kappa shape index (κ2) is 6.27. The number of hydrogen-bond acceptors (Lipinski definition) is 2. The molecule has 16 heavy (non-hydrogen) atoms. The summed E-state index contributed by atoms with van der Waals surface area (Å²) in [5.74, 6) is -1.08. The third kappa shape index (κ3) is 3.23. The largest absolute Gasteiger partial charge is 0.383 e. The molecule has 1 unspecified atom stereocenters. The summed E-state index contributed by atoms with van der Waals surface area (Å²) in [6.45, 7) is 0.405. The molecule has 0 bridgehead atoms. The molecule has 5 heteroatoms. The standard InChI is InChI=1S/C11H14BrF2NO/c1-15-7(6-16-2)5-8-10(13)4-3-9(12)11(8)14/h3-4,7,15H,5-6H2,1-2H3. The molecule has 0 saturated carbocycles. The highest BCUT2D eigenvalue weighted by Crippen LogP contribution is 2.22. The minimum absolute atomic E-state index is 0.0748. The van der Waals surface area contributed by atoms with Crippen LogP contribution in [0.5, 0.6) is 0 Å². The highest BCUT2D eigenvalue weighted by Gasteiger charge is 2.16. The maximum atomic E-state index is 13.6. The van der Waals surface area contributed by atoms with E-state index in [1.165, 1.54) is 12.1 Å². The summed E-state index contributed by atoms with van der Waals surface area (Å²) in [6, 6.07) is 2.50. The van der Waals surface area contributed by atoms with Crippen LogP contribution >= 0.6 is 15.9 Å². The van der Waals surface area contributed by atoms with Crippen LogP contribution in [0.4, 0.5) is 8.78 Å². The van der Waals surface area contributed by atoms with E-state index in [1.54, 1.807) is 14.2 Å². The summed E-state index contributed by atoms with van der Waals surface area (Å²) < 4.78 is 32.3. The van der Waals surface area contributed by atoms with E-state index in [2.05, 4.69) is 21.2 Å². The van der Waals surface area contributed by atoms with Gasteiger partial charge in [0.25, 0.3) is 0 Å². The fraction of sp³-hybridized carbons (Fsp3) is 0.455. The van der Waals surface area contributed by atoms with Crippen molar-refractivity contribution >= 4 is 15.9 Å². The average molecular weight is 294 g/mol. The predicted molar refractivity (Wildman–Crippen MR) is 62.5 cm³/mol. The molecule has 1 aromatic rings. The SMILES string of the molecule is CNC(COC)Cc1c(F)ccc(Br)c1F. The Morgan fingerprint density at radius 1 is 1.44 bits per heavy atom. The van der Waals surface area contributed by atoms with E-state index >= 15 is 0 Å². The van der Waals surface area contributed by atoms with Gasteiger partial charge in [-0.3, -0.25) is 0 Å². The van der Waals surface area contributed by atoms with Crippen molar-refractivity contribution in [2.75, 3.05) is 20.8 Å². The van der Waals surface area contributed by atoms with Crippen molar-refractivity contribution in [3.8, 4) is 0 Å². The van der Waals surface area contributed by atoms with Crippen LogP contribution in [-0.4, -0.2) is 26.8 Å². The normalized spacial score (nSPS) is 12.8. The third-order valence-electron chi connectivity index (χ3n) is 2.37. The van der Waals surface area contributed by atoms with Crippen LogP contribution in [0.2, 0.25) is 0 Å². The fourth-order valence-corrected chi connectivity index (χ4v) is 1.82. The predicted octanol–water partition coefficient (Wildman–Crippen LogP) is 2.50. The summed E-state index contributed by atoms with van der Waals surface area (Å²) in [7, 11) is 3.29. The van der Waals surface area contributed by atoms with Crippen molar-refractivity contribution in [1.29, 1.82) is 0 Å². The van der Waals surface area contributed by atoms with Gasteiger partial charge in [-0.2, -0.15) is 0 Å². The molecular formula is C11H14BrF2NO. The van der Waals surface area contributed by atoms with Gasteiger partial charge in [-0.1, -0.05) is 0 Å². The fourth-order valence-electron chi connectivity index (χ4n) is 1.45. The number of halogens is 3. The van der Waals surface area contributed by atoms with Gasteiger partial charge in [-0.05, 0) is 41.5 Å². The first-order valence-corrected chi connectivity index (χ1v) is 5.68. The van der Waals surface area contributed by atoms with Crippen LogP contribution in [0.3, 0.4) is 0 Å². The van der Waals surface area contributed by atoms with Gasteiger partial charge in [-0.15, -0.1) is 0 Å². The molecule has 0 saturated heterocycles. The molecule has 0 aliphatic rings. The molecule has 0 radical (unpaired) electrons. The minimum Gasteiger partial charge on any atom is -0.383 e. The molecule has 0 fully saturated rings. The van der Waals surface area contributed by atoms with E-state index in [4.69, 9.17) is 4.74 Å². The third-order valence-corrected chi connectivity index (χ3v) is 2.98. The Bertz CT molecular complexity index is 360. The lowest BCUT2D eigenvalue weighted by atomic mass is 10.1. The topological polar surface area (TPSA) is 21.3 Å². The first-order valence-electron chi connectivity index (χ1n) is 4.88. The Kier molecular flexibility index (Phi) is 5.31. The highest BCUT2D eigenvalue weighted by atomic mass is 79.9. The maximum Gasteiger partial charge on any atom is 0.143 e. The lowest BCUT2D eigenvalue weighted by Gasteiger charge is -2.16. The van der Waals surface area contributed by atoms with Crippen molar-refractivity contribution in [1.82, 2.24) is 5.32 Å². The second-order valence-corrected chi connectivity index (χ2v) is 4.32. The molecule has 1 atom stereocenters. The Balaban J connectivity index is 2.90. The summed E-state index contributed by atoms with van der Waals surface area (Å²) in [5, 5.41) is 2.95. The van der Waals surface area contributed by atoms with Gasteiger partial charge in [-0.25, -0.2) is 8.78 Å². The molecule has 1 N–H and O–H groups in total. The molecule has 1 rings (SSSR count). The Morgan fingerprint density at radius 2 is 2.12 bits per heavy atom. The Hall–Kier alpha value is -0.520. The molecule has 0 spiro atoms. The van der Waals surface area contributed by atoms with Crippen molar-refractivity contribution < 1.29 is 13.5 Å². The smallest absolute Gasteiger partial charge is 0.143 e. The monoisotopic (exact) mass is 293 g/mol. The van der Waals surface area contributed by atoms with Gasteiger partial charge in [0.05, 0.1) is 11.1 Å². The number of rotatable bonds is 5. The van der Waals surface area contributed by atoms with Crippen LogP contribution in [0, 0.1) is 11.6 Å². The van der Waals surface area contributed by atoms with Crippen LogP contribution in [0.15, 0.2) is 16.6 Å². The van der Waals surface area contributed by atoms with Gasteiger partial charge in [0.2, 0.25) is 0 Å². The lowest BCUT2D eigenvalue weighted by Crippen LogP contribution is -2.32. The number of methoxy groups -OCH3 is 1. The van der Waals surface area contributed by atoms with E-state index in [0.29, 0.717) is 6.61 Å². The van der Waals surface area contributed by atoms with Crippen molar-refractivity contribution in [3.63, 3.8) is 0 Å². The molecule has 0 aliphatic heterocycles. The zero-order valence-electron chi connectivity index (χ0n) is 9.19. The summed E-state index contributed by atoms with van der Waals surface area (Å²) in [5.41, 5.74) is 0.0748. The van der Waals surface area contributed by atoms with Gasteiger partial charge >= 0.3 is 0 Å². The molecule has 0 aromatic heterocycles. The van der Waals surface area contributed by atoms with E-state index < -0.39 is 11.6 Å². The number of hydrogen-bond donors (Lipinski definition) is 1. The molecule has 0 amide bonds. The van der Waals surface area contributed by atoms with Crippen molar-refractivity contribution in [2.45, 2.75) is 12.5 Å². The number of likely N-dealkylation sites (N-methyl/N-ethyl adjacent to an activating group) is 1. The van der Waals surface area contributed by atoms with Crippen molar-refractivity contribution in [2.24, 2.45) is 0 Å².